The number of carbonyl (C=O) groups is 1. The average molecular weight is 257 g/mol. The minimum Gasteiger partial charge on any atom is -0.459 e. The van der Waals surface area contributed by atoms with Crippen LogP contribution in [0, 0.1) is 17.8 Å². The second-order valence-electron chi connectivity index (χ2n) is 5.74. The number of fused-ring (bicyclic) bond motifs is 3. The zero-order chi connectivity index (χ0) is 12.2. The van der Waals surface area contributed by atoms with Gasteiger partial charge in [-0.2, -0.15) is 0 Å². The second-order valence-corrected chi connectivity index (χ2v) is 7.49. The van der Waals surface area contributed by atoms with Crippen molar-refractivity contribution in [3.05, 3.63) is 0 Å². The van der Waals surface area contributed by atoms with Crippen molar-refractivity contribution >= 4 is 17.7 Å². The van der Waals surface area contributed by atoms with E-state index >= 15 is 0 Å². The van der Waals surface area contributed by atoms with Crippen LogP contribution >= 0.6 is 11.8 Å². The van der Waals surface area contributed by atoms with Crippen LogP contribution in [0.3, 0.4) is 0 Å². The van der Waals surface area contributed by atoms with E-state index in [9.17, 15) is 4.79 Å². The topological polar surface area (TPSA) is 61.5 Å². The third-order valence-electron chi connectivity index (χ3n) is 4.26. The summed E-state index contributed by atoms with van der Waals surface area (Å²) in [5, 5.41) is 0. The van der Waals surface area contributed by atoms with E-state index in [2.05, 4.69) is 13.8 Å². The highest BCUT2D eigenvalue weighted by Gasteiger charge is 2.63. The highest BCUT2D eigenvalue weighted by molar-refractivity contribution is 8.01. The molecule has 1 saturated carbocycles. The lowest BCUT2D eigenvalue weighted by Crippen LogP contribution is -2.38. The Labute approximate surface area is 106 Å². The van der Waals surface area contributed by atoms with Crippen LogP contribution in [0.15, 0.2) is 0 Å². The zero-order valence-corrected chi connectivity index (χ0v) is 11.0. The SMILES string of the molecule is CC1(C)SC2OCC(OC(=O)CN)C2[C@@H]2CC21. The van der Waals surface area contributed by atoms with Crippen LogP contribution in [-0.4, -0.2) is 35.4 Å². The van der Waals surface area contributed by atoms with E-state index in [0.29, 0.717) is 23.2 Å². The van der Waals surface area contributed by atoms with Crippen molar-refractivity contribution < 1.29 is 14.3 Å². The Balaban J connectivity index is 1.71. The Hall–Kier alpha value is -0.260. The summed E-state index contributed by atoms with van der Waals surface area (Å²) in [4.78, 5) is 11.3. The molecule has 4 unspecified atom stereocenters. The summed E-state index contributed by atoms with van der Waals surface area (Å²) in [5.74, 6) is 1.50. The number of rotatable bonds is 2. The molecule has 17 heavy (non-hydrogen) atoms. The van der Waals surface area contributed by atoms with Crippen LogP contribution in [0.25, 0.3) is 0 Å². The van der Waals surface area contributed by atoms with Gasteiger partial charge in [-0.3, -0.25) is 4.79 Å². The van der Waals surface area contributed by atoms with Crippen LogP contribution in [0.5, 0.6) is 0 Å². The van der Waals surface area contributed by atoms with E-state index in [1.54, 1.807) is 0 Å². The molecule has 2 aliphatic heterocycles. The number of hydrogen-bond donors (Lipinski definition) is 1. The number of ether oxygens (including phenoxy) is 2. The van der Waals surface area contributed by atoms with Crippen LogP contribution in [0.2, 0.25) is 0 Å². The van der Waals surface area contributed by atoms with Crippen LogP contribution in [0.1, 0.15) is 20.3 Å². The Morgan fingerprint density at radius 2 is 2.35 bits per heavy atom. The van der Waals surface area contributed by atoms with Gasteiger partial charge >= 0.3 is 5.97 Å². The smallest absolute Gasteiger partial charge is 0.320 e. The molecule has 4 nitrogen and oxygen atoms in total. The molecular formula is C12H19NO3S. The van der Waals surface area contributed by atoms with Gasteiger partial charge in [-0.05, 0) is 18.3 Å². The first-order valence-electron chi connectivity index (χ1n) is 6.22. The van der Waals surface area contributed by atoms with E-state index in [-0.39, 0.29) is 24.1 Å². The van der Waals surface area contributed by atoms with Gasteiger partial charge < -0.3 is 15.2 Å². The number of carbonyl (C=O) groups excluding carboxylic acids is 1. The Morgan fingerprint density at radius 3 is 3.06 bits per heavy atom. The summed E-state index contributed by atoms with van der Waals surface area (Å²) < 4.78 is 11.5. The molecule has 96 valence electrons. The van der Waals surface area contributed by atoms with E-state index in [4.69, 9.17) is 15.2 Å². The van der Waals surface area contributed by atoms with Crippen molar-refractivity contribution in [3.8, 4) is 0 Å². The summed E-state index contributed by atoms with van der Waals surface area (Å²) in [7, 11) is 0. The summed E-state index contributed by atoms with van der Waals surface area (Å²) in [6.07, 6.45) is 1.18. The average Bonchev–Trinajstić information content (AvgIpc) is 2.98. The molecule has 3 fully saturated rings. The standard InChI is InChI=1S/C12H19NO3S/c1-12(2)7-3-6(7)10-8(16-9(14)4-13)5-15-11(10)17-12/h6-8,10-11H,3-5,13H2,1-2H3/t6-,7?,8?,10?,11?/m1/s1. The Morgan fingerprint density at radius 1 is 1.59 bits per heavy atom. The van der Waals surface area contributed by atoms with Gasteiger partial charge in [0.25, 0.3) is 0 Å². The molecule has 5 heteroatoms. The minimum absolute atomic E-state index is 0.0411. The molecule has 0 amide bonds. The third-order valence-corrected chi connectivity index (χ3v) is 5.86. The van der Waals surface area contributed by atoms with Crippen molar-refractivity contribution in [1.82, 2.24) is 0 Å². The van der Waals surface area contributed by atoms with Gasteiger partial charge in [-0.15, -0.1) is 11.8 Å². The maximum absolute atomic E-state index is 11.3. The third kappa shape index (κ3) is 1.88. The predicted octanol–water partition coefficient (Wildman–Crippen LogP) is 0.991. The van der Waals surface area contributed by atoms with E-state index in [1.165, 1.54) is 6.42 Å². The first-order valence-corrected chi connectivity index (χ1v) is 7.10. The highest BCUT2D eigenvalue weighted by atomic mass is 32.2. The normalized spacial score (nSPS) is 45.9. The molecule has 0 radical (unpaired) electrons. The summed E-state index contributed by atoms with van der Waals surface area (Å²) in [6.45, 7) is 5.08. The van der Waals surface area contributed by atoms with Gasteiger partial charge in [0.15, 0.2) is 0 Å². The maximum Gasteiger partial charge on any atom is 0.320 e. The summed E-state index contributed by atoms with van der Waals surface area (Å²) >= 11 is 1.90. The van der Waals surface area contributed by atoms with Crippen molar-refractivity contribution in [1.29, 1.82) is 0 Å². The monoisotopic (exact) mass is 257 g/mol. The Kier molecular flexibility index (Phi) is 2.69. The molecule has 2 saturated heterocycles. The van der Waals surface area contributed by atoms with Gasteiger partial charge in [0, 0.05) is 10.7 Å². The van der Waals surface area contributed by atoms with Crippen LogP contribution in [0.4, 0.5) is 0 Å². The molecule has 5 atom stereocenters. The molecule has 1 aliphatic carbocycles. The zero-order valence-electron chi connectivity index (χ0n) is 10.2. The molecule has 2 heterocycles. The van der Waals surface area contributed by atoms with Crippen molar-refractivity contribution in [2.45, 2.75) is 36.6 Å². The van der Waals surface area contributed by atoms with Crippen molar-refractivity contribution in [2.24, 2.45) is 23.5 Å². The highest BCUT2D eigenvalue weighted by Crippen LogP contribution is 2.65. The molecule has 0 aromatic rings. The fourth-order valence-corrected chi connectivity index (χ4v) is 5.06. The first kappa shape index (κ1) is 11.8. The minimum atomic E-state index is -0.314. The largest absolute Gasteiger partial charge is 0.459 e. The molecule has 3 aliphatic rings. The summed E-state index contributed by atoms with van der Waals surface area (Å²) in [5.41, 5.74) is 5.48. The van der Waals surface area contributed by atoms with E-state index in [1.807, 2.05) is 11.8 Å². The van der Waals surface area contributed by atoms with Crippen molar-refractivity contribution in [2.75, 3.05) is 13.2 Å². The second kappa shape index (κ2) is 3.87. The molecule has 0 aromatic carbocycles. The first-order chi connectivity index (χ1) is 8.03. The van der Waals surface area contributed by atoms with Gasteiger partial charge in [-0.25, -0.2) is 0 Å². The van der Waals surface area contributed by atoms with Crippen LogP contribution in [-0.2, 0) is 14.3 Å². The lowest BCUT2D eigenvalue weighted by molar-refractivity contribution is -0.149. The number of nitrogens with two attached hydrogens (primary N) is 1. The molecule has 2 N–H and O–H groups in total. The fourth-order valence-electron chi connectivity index (χ4n) is 3.33. The van der Waals surface area contributed by atoms with Gasteiger partial charge in [0.2, 0.25) is 0 Å². The summed E-state index contributed by atoms with van der Waals surface area (Å²) in [6, 6.07) is 0. The van der Waals surface area contributed by atoms with Crippen molar-refractivity contribution in [3.63, 3.8) is 0 Å². The predicted molar refractivity (Wildman–Crippen MR) is 65.4 cm³/mol. The number of thioether (sulfide) groups is 1. The number of hydrogen-bond acceptors (Lipinski definition) is 5. The maximum atomic E-state index is 11.3. The van der Waals surface area contributed by atoms with Gasteiger partial charge in [-0.1, -0.05) is 13.8 Å². The quantitative estimate of drug-likeness (QED) is 0.748. The lowest BCUT2D eigenvalue weighted by atomic mass is 9.93. The molecular weight excluding hydrogens is 238 g/mol. The number of esters is 1. The molecule has 0 bridgehead atoms. The molecule has 0 spiro atoms. The van der Waals surface area contributed by atoms with E-state index < -0.39 is 0 Å². The van der Waals surface area contributed by atoms with E-state index in [0.717, 1.165) is 5.92 Å². The van der Waals surface area contributed by atoms with Gasteiger partial charge in [0.1, 0.15) is 11.5 Å². The van der Waals surface area contributed by atoms with Gasteiger partial charge in [0.05, 0.1) is 13.2 Å². The molecule has 3 rings (SSSR count). The lowest BCUT2D eigenvalue weighted by Gasteiger charge is -2.36. The van der Waals surface area contributed by atoms with Crippen LogP contribution < -0.4 is 5.73 Å². The Bertz CT molecular complexity index is 347. The molecule has 0 aromatic heterocycles. The fraction of sp³-hybridized carbons (Fsp3) is 0.917.